The van der Waals surface area contributed by atoms with Crippen molar-refractivity contribution in [2.24, 2.45) is 11.7 Å². The smallest absolute Gasteiger partial charge is 0.102 e. The Morgan fingerprint density at radius 2 is 2.10 bits per heavy atom. The van der Waals surface area contributed by atoms with E-state index in [1.807, 2.05) is 6.92 Å². The summed E-state index contributed by atoms with van der Waals surface area (Å²) in [6.45, 7) is 2.76. The van der Waals surface area contributed by atoms with E-state index in [4.69, 9.17) is 10.5 Å². The van der Waals surface area contributed by atoms with E-state index in [0.29, 0.717) is 0 Å². The lowest BCUT2D eigenvalue weighted by Gasteiger charge is -2.11. The minimum atomic E-state index is -0.0828. The fraction of sp³-hybridized carbons (Fsp3) is 1.00. The molecule has 1 saturated carbocycles. The van der Waals surface area contributed by atoms with Gasteiger partial charge in [0.05, 0.1) is 6.61 Å². The summed E-state index contributed by atoms with van der Waals surface area (Å²) in [5.41, 5.74) is 5.45. The van der Waals surface area contributed by atoms with Crippen LogP contribution in [0.25, 0.3) is 0 Å². The first-order valence-corrected chi connectivity index (χ1v) is 4.16. The van der Waals surface area contributed by atoms with Gasteiger partial charge in [-0.2, -0.15) is 0 Å². The molecule has 0 amide bonds. The summed E-state index contributed by atoms with van der Waals surface area (Å²) >= 11 is 0. The highest BCUT2D eigenvalue weighted by molar-refractivity contribution is 4.66. The van der Waals surface area contributed by atoms with Crippen molar-refractivity contribution in [3.05, 3.63) is 0 Å². The molecule has 0 aliphatic heterocycles. The molecule has 0 radical (unpaired) electrons. The molecule has 0 saturated heterocycles. The van der Waals surface area contributed by atoms with Crippen molar-refractivity contribution >= 4 is 0 Å². The van der Waals surface area contributed by atoms with Crippen LogP contribution in [-0.4, -0.2) is 12.8 Å². The average molecular weight is 143 g/mol. The van der Waals surface area contributed by atoms with Crippen LogP contribution < -0.4 is 5.73 Å². The molecule has 0 bridgehead atoms. The van der Waals surface area contributed by atoms with Crippen LogP contribution in [0.15, 0.2) is 0 Å². The summed E-state index contributed by atoms with van der Waals surface area (Å²) in [6.07, 6.45) is 5.36. The maximum absolute atomic E-state index is 5.45. The van der Waals surface area contributed by atoms with E-state index in [1.165, 1.54) is 25.7 Å². The lowest BCUT2D eigenvalue weighted by molar-refractivity contribution is 0.0455. The summed E-state index contributed by atoms with van der Waals surface area (Å²) in [5.74, 6) is 0.797. The first-order valence-electron chi connectivity index (χ1n) is 4.16. The van der Waals surface area contributed by atoms with E-state index in [9.17, 15) is 0 Å². The molecule has 0 aromatic carbocycles. The van der Waals surface area contributed by atoms with Crippen LogP contribution >= 0.6 is 0 Å². The van der Waals surface area contributed by atoms with E-state index in [-0.39, 0.29) is 6.23 Å². The SMILES string of the molecule is CC(N)OCC1CCCC1. The Balaban J connectivity index is 2.01. The summed E-state index contributed by atoms with van der Waals surface area (Å²) in [5, 5.41) is 0. The topological polar surface area (TPSA) is 35.2 Å². The molecule has 2 heteroatoms. The van der Waals surface area contributed by atoms with E-state index < -0.39 is 0 Å². The van der Waals surface area contributed by atoms with Crippen molar-refractivity contribution in [3.8, 4) is 0 Å². The Hall–Kier alpha value is -0.0800. The van der Waals surface area contributed by atoms with E-state index in [0.717, 1.165) is 12.5 Å². The van der Waals surface area contributed by atoms with Gasteiger partial charge in [0, 0.05) is 0 Å². The number of hydrogen-bond donors (Lipinski definition) is 1. The normalized spacial score (nSPS) is 23.4. The zero-order chi connectivity index (χ0) is 7.40. The van der Waals surface area contributed by atoms with Crippen LogP contribution in [0.3, 0.4) is 0 Å². The second kappa shape index (κ2) is 3.94. The van der Waals surface area contributed by atoms with E-state index in [2.05, 4.69) is 0 Å². The fourth-order valence-corrected chi connectivity index (χ4v) is 1.46. The molecule has 0 aromatic heterocycles. The minimum absolute atomic E-state index is 0.0828. The molecule has 10 heavy (non-hydrogen) atoms. The first kappa shape index (κ1) is 8.02. The van der Waals surface area contributed by atoms with Crippen molar-refractivity contribution in [1.82, 2.24) is 0 Å². The van der Waals surface area contributed by atoms with Crippen LogP contribution in [0.4, 0.5) is 0 Å². The van der Waals surface area contributed by atoms with Gasteiger partial charge in [-0.15, -0.1) is 0 Å². The van der Waals surface area contributed by atoms with Crippen molar-refractivity contribution in [2.75, 3.05) is 6.61 Å². The number of ether oxygens (including phenoxy) is 1. The summed E-state index contributed by atoms with van der Waals surface area (Å²) in [7, 11) is 0. The van der Waals surface area contributed by atoms with Gasteiger partial charge < -0.3 is 10.5 Å². The zero-order valence-corrected chi connectivity index (χ0v) is 6.68. The van der Waals surface area contributed by atoms with Crippen molar-refractivity contribution in [2.45, 2.75) is 38.8 Å². The number of rotatable bonds is 3. The first-order chi connectivity index (χ1) is 4.79. The standard InChI is InChI=1S/C8H17NO/c1-7(9)10-6-8-4-2-3-5-8/h7-8H,2-6,9H2,1H3. The third-order valence-electron chi connectivity index (χ3n) is 2.07. The maximum Gasteiger partial charge on any atom is 0.102 e. The monoisotopic (exact) mass is 143 g/mol. The van der Waals surface area contributed by atoms with Gasteiger partial charge in [-0.3, -0.25) is 0 Å². The predicted octanol–water partition coefficient (Wildman–Crippen LogP) is 1.50. The van der Waals surface area contributed by atoms with E-state index >= 15 is 0 Å². The molecule has 1 aliphatic carbocycles. The van der Waals surface area contributed by atoms with E-state index in [1.54, 1.807) is 0 Å². The molecular formula is C8H17NO. The second-order valence-electron chi connectivity index (χ2n) is 3.19. The highest BCUT2D eigenvalue weighted by atomic mass is 16.5. The van der Waals surface area contributed by atoms with Crippen LogP contribution in [0.5, 0.6) is 0 Å². The predicted molar refractivity (Wildman–Crippen MR) is 41.6 cm³/mol. The molecule has 0 spiro atoms. The molecule has 1 atom stereocenters. The van der Waals surface area contributed by atoms with Gasteiger partial charge in [-0.25, -0.2) is 0 Å². The van der Waals surface area contributed by atoms with Gasteiger partial charge in [0.15, 0.2) is 0 Å². The molecule has 2 N–H and O–H groups in total. The Bertz CT molecular complexity index is 87.3. The molecule has 1 rings (SSSR count). The molecule has 0 aromatic rings. The third kappa shape index (κ3) is 2.67. The molecule has 2 nitrogen and oxygen atoms in total. The Kier molecular flexibility index (Phi) is 3.16. The fourth-order valence-electron chi connectivity index (χ4n) is 1.46. The lowest BCUT2D eigenvalue weighted by atomic mass is 10.1. The Labute approximate surface area is 62.7 Å². The van der Waals surface area contributed by atoms with Crippen LogP contribution in [0.1, 0.15) is 32.6 Å². The second-order valence-corrected chi connectivity index (χ2v) is 3.19. The van der Waals surface area contributed by atoms with Crippen LogP contribution in [0.2, 0.25) is 0 Å². The number of nitrogens with two attached hydrogens (primary N) is 1. The van der Waals surface area contributed by atoms with Gasteiger partial charge in [0.25, 0.3) is 0 Å². The average Bonchev–Trinajstić information content (AvgIpc) is 2.34. The molecule has 1 unspecified atom stereocenters. The Morgan fingerprint density at radius 3 is 2.60 bits per heavy atom. The Morgan fingerprint density at radius 1 is 1.50 bits per heavy atom. The molecule has 60 valence electrons. The van der Waals surface area contributed by atoms with Crippen LogP contribution in [0, 0.1) is 5.92 Å². The molecule has 1 aliphatic rings. The summed E-state index contributed by atoms with van der Waals surface area (Å²) < 4.78 is 5.30. The van der Waals surface area contributed by atoms with Crippen molar-refractivity contribution in [3.63, 3.8) is 0 Å². The van der Waals surface area contributed by atoms with Gasteiger partial charge in [-0.1, -0.05) is 12.8 Å². The largest absolute Gasteiger partial charge is 0.364 e. The highest BCUT2D eigenvalue weighted by Gasteiger charge is 2.14. The number of hydrogen-bond acceptors (Lipinski definition) is 2. The maximum atomic E-state index is 5.45. The quantitative estimate of drug-likeness (QED) is 0.608. The highest BCUT2D eigenvalue weighted by Crippen LogP contribution is 2.24. The van der Waals surface area contributed by atoms with Crippen molar-refractivity contribution in [1.29, 1.82) is 0 Å². The minimum Gasteiger partial charge on any atom is -0.364 e. The van der Waals surface area contributed by atoms with Crippen LogP contribution in [-0.2, 0) is 4.74 Å². The van der Waals surface area contributed by atoms with Gasteiger partial charge in [-0.05, 0) is 25.7 Å². The molecule has 0 heterocycles. The summed E-state index contributed by atoms with van der Waals surface area (Å²) in [6, 6.07) is 0. The zero-order valence-electron chi connectivity index (χ0n) is 6.68. The van der Waals surface area contributed by atoms with Crippen molar-refractivity contribution < 1.29 is 4.74 Å². The third-order valence-corrected chi connectivity index (χ3v) is 2.07. The molecule has 1 fully saturated rings. The lowest BCUT2D eigenvalue weighted by Crippen LogP contribution is -2.22. The van der Waals surface area contributed by atoms with Gasteiger partial charge in [0.2, 0.25) is 0 Å². The molecular weight excluding hydrogens is 126 g/mol. The van der Waals surface area contributed by atoms with Gasteiger partial charge >= 0.3 is 0 Å². The summed E-state index contributed by atoms with van der Waals surface area (Å²) in [4.78, 5) is 0. The van der Waals surface area contributed by atoms with Gasteiger partial charge in [0.1, 0.15) is 6.23 Å².